The number of nitrogens with zero attached hydrogens (tertiary/aromatic N) is 3. The molecule has 1 aromatic heterocycles. The van der Waals surface area contributed by atoms with E-state index in [0.717, 1.165) is 24.9 Å². The Morgan fingerprint density at radius 3 is 2.47 bits per heavy atom. The Bertz CT molecular complexity index is 1350. The molecule has 0 bridgehead atoms. The third-order valence-corrected chi connectivity index (χ3v) is 6.12. The number of ketones is 2. The normalized spacial score (nSPS) is 13.2. The van der Waals surface area contributed by atoms with Crippen molar-refractivity contribution in [2.24, 2.45) is 0 Å². The van der Waals surface area contributed by atoms with Gasteiger partial charge in [0.2, 0.25) is 11.6 Å². The van der Waals surface area contributed by atoms with Crippen molar-refractivity contribution in [2.75, 3.05) is 44.2 Å². The zero-order chi connectivity index (χ0) is 26.9. The lowest BCUT2D eigenvalue weighted by Crippen LogP contribution is -2.32. The van der Waals surface area contributed by atoms with Crippen LogP contribution in [0.2, 0.25) is 0 Å². The number of allylic oxidation sites excluding steroid dienone is 2. The first kappa shape index (κ1) is 26.8. The van der Waals surface area contributed by atoms with Crippen molar-refractivity contribution in [1.82, 2.24) is 9.97 Å². The fraction of sp³-hybridized carbons (Fsp3) is 0.310. The van der Waals surface area contributed by atoms with Gasteiger partial charge in [0.1, 0.15) is 18.8 Å². The van der Waals surface area contributed by atoms with Crippen LogP contribution >= 0.6 is 0 Å². The molecule has 0 saturated carbocycles. The fourth-order valence-corrected chi connectivity index (χ4v) is 4.17. The fourth-order valence-electron chi connectivity index (χ4n) is 4.17. The highest BCUT2D eigenvalue weighted by Gasteiger charge is 2.26. The van der Waals surface area contributed by atoms with E-state index in [1.165, 1.54) is 18.5 Å². The molecule has 0 radical (unpaired) electrons. The van der Waals surface area contributed by atoms with Crippen molar-refractivity contribution in [3.05, 3.63) is 72.3 Å². The minimum absolute atomic E-state index is 0.139. The average molecular weight is 517 g/mol. The first-order valence-corrected chi connectivity index (χ1v) is 12.6. The number of unbranched alkanes of at least 4 members (excludes halogenated alkanes) is 2. The summed E-state index contributed by atoms with van der Waals surface area (Å²) < 4.78 is 16.3. The number of carbonyl (C=O) groups excluding carboxylic acids is 2. The first-order chi connectivity index (χ1) is 18.5. The minimum Gasteiger partial charge on any atom is -0.493 e. The summed E-state index contributed by atoms with van der Waals surface area (Å²) >= 11 is 0. The number of carbonyl (C=O) groups is 2. The van der Waals surface area contributed by atoms with Crippen LogP contribution in [0.4, 0.5) is 11.5 Å². The Balaban J connectivity index is 1.60. The molecule has 38 heavy (non-hydrogen) atoms. The summed E-state index contributed by atoms with van der Waals surface area (Å²) in [5.74, 6) is 0.816. The van der Waals surface area contributed by atoms with E-state index in [-0.39, 0.29) is 17.3 Å². The molecule has 1 heterocycles. The van der Waals surface area contributed by atoms with Crippen LogP contribution in [0.25, 0.3) is 10.9 Å². The van der Waals surface area contributed by atoms with Crippen LogP contribution in [-0.4, -0.2) is 55.5 Å². The molecule has 2 aromatic carbocycles. The number of benzene rings is 2. The molecule has 0 aliphatic heterocycles. The quantitative estimate of drug-likeness (QED) is 0.256. The number of nitrogens with one attached hydrogen (secondary N) is 1. The van der Waals surface area contributed by atoms with Gasteiger partial charge in [0.05, 0.1) is 30.6 Å². The van der Waals surface area contributed by atoms with Crippen molar-refractivity contribution in [1.29, 1.82) is 0 Å². The second kappa shape index (κ2) is 12.8. The topological polar surface area (TPSA) is 103 Å². The van der Waals surface area contributed by atoms with Crippen LogP contribution in [0.1, 0.15) is 26.2 Å². The summed E-state index contributed by atoms with van der Waals surface area (Å²) in [5, 5.41) is 3.65. The van der Waals surface area contributed by atoms with Gasteiger partial charge in [-0.25, -0.2) is 9.97 Å². The predicted octanol–water partition coefficient (Wildman–Crippen LogP) is 4.69. The predicted molar refractivity (Wildman–Crippen MR) is 147 cm³/mol. The van der Waals surface area contributed by atoms with Crippen molar-refractivity contribution in [2.45, 2.75) is 26.2 Å². The molecule has 9 heteroatoms. The van der Waals surface area contributed by atoms with Gasteiger partial charge in [-0.3, -0.25) is 9.59 Å². The van der Waals surface area contributed by atoms with E-state index in [1.807, 2.05) is 35.2 Å². The number of methoxy groups -OCH3 is 2. The van der Waals surface area contributed by atoms with Crippen LogP contribution in [0, 0.1) is 0 Å². The molecule has 0 saturated heterocycles. The summed E-state index contributed by atoms with van der Waals surface area (Å²) in [5.41, 5.74) is 1.96. The maximum absolute atomic E-state index is 13.3. The van der Waals surface area contributed by atoms with Gasteiger partial charge in [-0.05, 0) is 24.6 Å². The SMILES string of the molecule is CCCCCN(C1=CC(=O)C(Nc2ncnc3cc(OCCOC)c(OC)cc23)=CC1=O)c1ccccc1. The Morgan fingerprint density at radius 1 is 0.921 bits per heavy atom. The average Bonchev–Trinajstić information content (AvgIpc) is 2.93. The maximum Gasteiger partial charge on any atom is 0.204 e. The third-order valence-electron chi connectivity index (χ3n) is 6.12. The number of hydrogen-bond donors (Lipinski definition) is 1. The van der Waals surface area contributed by atoms with Crippen LogP contribution in [0.5, 0.6) is 11.5 Å². The van der Waals surface area contributed by atoms with Crippen LogP contribution < -0.4 is 19.7 Å². The van der Waals surface area contributed by atoms with Gasteiger partial charge in [0, 0.05) is 42.9 Å². The Labute approximate surface area is 222 Å². The summed E-state index contributed by atoms with van der Waals surface area (Å²) in [6.07, 6.45) is 7.12. The molecule has 198 valence electrons. The summed E-state index contributed by atoms with van der Waals surface area (Å²) in [7, 11) is 3.14. The van der Waals surface area contributed by atoms with E-state index in [9.17, 15) is 9.59 Å². The third kappa shape index (κ3) is 6.18. The molecule has 0 fully saturated rings. The maximum atomic E-state index is 13.3. The molecule has 1 aliphatic carbocycles. The number of para-hydroxylation sites is 1. The number of ether oxygens (including phenoxy) is 3. The minimum atomic E-state index is -0.311. The monoisotopic (exact) mass is 516 g/mol. The lowest BCUT2D eigenvalue weighted by molar-refractivity contribution is -0.115. The zero-order valence-corrected chi connectivity index (χ0v) is 21.9. The van der Waals surface area contributed by atoms with E-state index < -0.39 is 0 Å². The zero-order valence-electron chi connectivity index (χ0n) is 21.9. The van der Waals surface area contributed by atoms with Gasteiger partial charge in [-0.1, -0.05) is 38.0 Å². The van der Waals surface area contributed by atoms with Gasteiger partial charge in [0.25, 0.3) is 0 Å². The van der Waals surface area contributed by atoms with E-state index in [1.54, 1.807) is 26.4 Å². The molecule has 0 atom stereocenters. The second-order valence-corrected chi connectivity index (χ2v) is 8.72. The Morgan fingerprint density at radius 2 is 1.74 bits per heavy atom. The van der Waals surface area contributed by atoms with Crippen molar-refractivity contribution < 1.29 is 23.8 Å². The summed E-state index contributed by atoms with van der Waals surface area (Å²) in [6, 6.07) is 13.1. The van der Waals surface area contributed by atoms with Crippen LogP contribution in [0.3, 0.4) is 0 Å². The largest absolute Gasteiger partial charge is 0.493 e. The smallest absolute Gasteiger partial charge is 0.204 e. The number of fused-ring (bicyclic) bond motifs is 1. The second-order valence-electron chi connectivity index (χ2n) is 8.72. The van der Waals surface area contributed by atoms with E-state index in [0.29, 0.717) is 53.7 Å². The van der Waals surface area contributed by atoms with Gasteiger partial charge < -0.3 is 24.4 Å². The van der Waals surface area contributed by atoms with Crippen LogP contribution in [0.15, 0.2) is 72.3 Å². The Kier molecular flexibility index (Phi) is 9.05. The van der Waals surface area contributed by atoms with Crippen molar-refractivity contribution >= 4 is 34.0 Å². The molecule has 0 unspecified atom stereocenters. The van der Waals surface area contributed by atoms with Crippen LogP contribution in [-0.2, 0) is 14.3 Å². The molecule has 3 aromatic rings. The molecule has 1 aliphatic rings. The van der Waals surface area contributed by atoms with Gasteiger partial charge in [-0.2, -0.15) is 0 Å². The number of aromatic nitrogens is 2. The number of rotatable bonds is 13. The van der Waals surface area contributed by atoms with Gasteiger partial charge in [-0.15, -0.1) is 0 Å². The van der Waals surface area contributed by atoms with E-state index >= 15 is 0 Å². The molecular formula is C29H32N4O5. The highest BCUT2D eigenvalue weighted by atomic mass is 16.5. The van der Waals surface area contributed by atoms with Gasteiger partial charge in [0.15, 0.2) is 11.5 Å². The van der Waals surface area contributed by atoms with Gasteiger partial charge >= 0.3 is 0 Å². The molecule has 1 N–H and O–H groups in total. The Hall–Kier alpha value is -4.24. The standard InChI is InChI=1S/C29H32N4O5/c1-4-5-9-12-33(20-10-7-6-8-11-20)24-18-25(34)23(16-26(24)35)32-29-21-15-27(37-3)28(38-14-13-36-2)17-22(21)30-19-31-29/h6-8,10-11,15-19H,4-5,9,12-14H2,1-3H3,(H,30,31,32). The van der Waals surface area contributed by atoms with E-state index in [2.05, 4.69) is 22.2 Å². The van der Waals surface area contributed by atoms with Crippen molar-refractivity contribution in [3.63, 3.8) is 0 Å². The summed E-state index contributed by atoms with van der Waals surface area (Å²) in [4.78, 5) is 37.0. The summed E-state index contributed by atoms with van der Waals surface area (Å²) in [6.45, 7) is 3.55. The highest BCUT2D eigenvalue weighted by Crippen LogP contribution is 2.34. The molecular weight excluding hydrogens is 484 g/mol. The number of hydrogen-bond acceptors (Lipinski definition) is 9. The lowest BCUT2D eigenvalue weighted by Gasteiger charge is -2.28. The first-order valence-electron chi connectivity index (χ1n) is 12.6. The number of anilines is 2. The highest BCUT2D eigenvalue weighted by molar-refractivity contribution is 6.22. The van der Waals surface area contributed by atoms with Crippen molar-refractivity contribution in [3.8, 4) is 11.5 Å². The molecule has 4 rings (SSSR count). The lowest BCUT2D eigenvalue weighted by atomic mass is 10.0. The molecule has 0 spiro atoms. The van der Waals surface area contributed by atoms with E-state index in [4.69, 9.17) is 14.2 Å². The molecule has 9 nitrogen and oxygen atoms in total. The molecule has 0 amide bonds.